The summed E-state index contributed by atoms with van der Waals surface area (Å²) in [7, 11) is 0. The molecule has 2 aliphatic heterocycles. The van der Waals surface area contributed by atoms with Gasteiger partial charge in [-0.05, 0) is 47.6 Å². The molecule has 1 saturated heterocycles. The zero-order valence-corrected chi connectivity index (χ0v) is 19.7. The van der Waals surface area contributed by atoms with E-state index < -0.39 is 0 Å². The summed E-state index contributed by atoms with van der Waals surface area (Å²) in [6, 6.07) is 14.1. The van der Waals surface area contributed by atoms with Crippen LogP contribution in [0.2, 0.25) is 0 Å². The fourth-order valence-corrected chi connectivity index (χ4v) is 5.26. The average Bonchev–Trinajstić information content (AvgIpc) is 2.77. The van der Waals surface area contributed by atoms with Crippen LogP contribution < -0.4 is 10.9 Å². The lowest BCUT2D eigenvalue weighted by atomic mass is 9.82. The Kier molecular flexibility index (Phi) is 5.47. The highest BCUT2D eigenvalue weighted by Gasteiger charge is 2.37. The average molecular weight is 445 g/mol. The molecule has 0 radical (unpaired) electrons. The molecular weight excluding hydrogens is 412 g/mol. The minimum atomic E-state index is -0.0143. The Balaban J connectivity index is 1.32. The molecule has 1 aromatic carbocycles. The van der Waals surface area contributed by atoms with E-state index in [1.165, 1.54) is 0 Å². The van der Waals surface area contributed by atoms with Gasteiger partial charge in [0.15, 0.2) is 0 Å². The standard InChI is InChI=1S/C27H32N4O2/c1-27(2,3)12-25(32)30-15-19-11-21(17-30)24-9-8-23(26(33)31(24)16-19)29-14-18-10-20-6-4-5-7-22(20)28-13-18/h4-10,13,19,21,29H,11-12,14-17H2,1-3H3. The second-order valence-corrected chi connectivity index (χ2v) is 10.8. The maximum atomic E-state index is 13.3. The third-order valence-corrected chi connectivity index (χ3v) is 6.77. The Morgan fingerprint density at radius 1 is 1.12 bits per heavy atom. The smallest absolute Gasteiger partial charge is 0.274 e. The minimum Gasteiger partial charge on any atom is -0.376 e. The number of likely N-dealkylation sites (tertiary alicyclic amines) is 1. The molecule has 2 unspecified atom stereocenters. The molecule has 0 saturated carbocycles. The van der Waals surface area contributed by atoms with Crippen LogP contribution >= 0.6 is 0 Å². The van der Waals surface area contributed by atoms with Crippen LogP contribution in [-0.4, -0.2) is 33.4 Å². The summed E-state index contributed by atoms with van der Waals surface area (Å²) in [4.78, 5) is 32.6. The van der Waals surface area contributed by atoms with E-state index in [2.05, 4.69) is 43.2 Å². The van der Waals surface area contributed by atoms with Crippen LogP contribution in [0.3, 0.4) is 0 Å². The van der Waals surface area contributed by atoms with Gasteiger partial charge >= 0.3 is 0 Å². The Morgan fingerprint density at radius 2 is 1.94 bits per heavy atom. The van der Waals surface area contributed by atoms with Crippen LogP contribution in [-0.2, 0) is 17.9 Å². The van der Waals surface area contributed by atoms with Crippen molar-refractivity contribution in [1.29, 1.82) is 0 Å². The lowest BCUT2D eigenvalue weighted by molar-refractivity contribution is -0.135. The lowest BCUT2D eigenvalue weighted by Gasteiger charge is -2.43. The summed E-state index contributed by atoms with van der Waals surface area (Å²) in [5.41, 5.74) is 3.71. The maximum absolute atomic E-state index is 13.3. The molecule has 33 heavy (non-hydrogen) atoms. The Hall–Kier alpha value is -3.15. The molecule has 4 heterocycles. The van der Waals surface area contributed by atoms with Crippen LogP contribution in [0.5, 0.6) is 0 Å². The largest absolute Gasteiger partial charge is 0.376 e. The van der Waals surface area contributed by atoms with Crippen LogP contribution in [0, 0.1) is 11.3 Å². The number of carbonyl (C=O) groups is 1. The molecule has 2 bridgehead atoms. The van der Waals surface area contributed by atoms with E-state index in [1.54, 1.807) is 0 Å². The molecule has 2 atom stereocenters. The molecule has 0 spiro atoms. The second-order valence-electron chi connectivity index (χ2n) is 10.8. The number of amides is 1. The Morgan fingerprint density at radius 3 is 2.76 bits per heavy atom. The lowest BCUT2D eigenvalue weighted by Crippen LogP contribution is -2.49. The number of aromatic nitrogens is 2. The fraction of sp³-hybridized carbons (Fsp3) is 0.444. The zero-order valence-electron chi connectivity index (χ0n) is 19.7. The third-order valence-electron chi connectivity index (χ3n) is 6.77. The fourth-order valence-electron chi connectivity index (χ4n) is 5.26. The number of pyridine rings is 2. The molecule has 2 aliphatic rings. The first-order valence-corrected chi connectivity index (χ1v) is 11.9. The van der Waals surface area contributed by atoms with Gasteiger partial charge in [-0.15, -0.1) is 0 Å². The third kappa shape index (κ3) is 4.52. The van der Waals surface area contributed by atoms with E-state index in [9.17, 15) is 9.59 Å². The molecule has 6 nitrogen and oxygen atoms in total. The monoisotopic (exact) mass is 444 g/mol. The number of hydrogen-bond donors (Lipinski definition) is 1. The number of nitrogens with zero attached hydrogens (tertiary/aromatic N) is 3. The number of anilines is 1. The minimum absolute atomic E-state index is 0.0143. The first kappa shape index (κ1) is 21.7. The molecule has 5 rings (SSSR count). The normalized spacial score (nSPS) is 19.9. The number of benzene rings is 1. The summed E-state index contributed by atoms with van der Waals surface area (Å²) < 4.78 is 1.94. The van der Waals surface area contributed by atoms with Crippen molar-refractivity contribution < 1.29 is 4.79 Å². The number of nitrogens with one attached hydrogen (secondary N) is 1. The number of para-hydroxylation sites is 1. The van der Waals surface area contributed by atoms with Crippen molar-refractivity contribution in [3.05, 3.63) is 70.3 Å². The van der Waals surface area contributed by atoms with Gasteiger partial charge in [-0.3, -0.25) is 14.6 Å². The molecule has 1 amide bonds. The highest BCUT2D eigenvalue weighted by Crippen LogP contribution is 2.36. The molecular formula is C27H32N4O2. The van der Waals surface area contributed by atoms with Crippen molar-refractivity contribution in [1.82, 2.24) is 14.5 Å². The van der Waals surface area contributed by atoms with Gasteiger partial charge in [0.1, 0.15) is 5.69 Å². The molecule has 172 valence electrons. The van der Waals surface area contributed by atoms with E-state index in [0.717, 1.165) is 35.1 Å². The van der Waals surface area contributed by atoms with Crippen LogP contribution in [0.15, 0.2) is 53.5 Å². The summed E-state index contributed by atoms with van der Waals surface area (Å²) in [5.74, 6) is 0.793. The first-order valence-electron chi connectivity index (χ1n) is 11.9. The van der Waals surface area contributed by atoms with E-state index in [0.29, 0.717) is 37.7 Å². The summed E-state index contributed by atoms with van der Waals surface area (Å²) >= 11 is 0. The topological polar surface area (TPSA) is 67.2 Å². The van der Waals surface area contributed by atoms with Gasteiger partial charge in [0.25, 0.3) is 5.56 Å². The van der Waals surface area contributed by atoms with Gasteiger partial charge in [-0.25, -0.2) is 0 Å². The maximum Gasteiger partial charge on any atom is 0.274 e. The van der Waals surface area contributed by atoms with Gasteiger partial charge in [0.2, 0.25) is 5.91 Å². The van der Waals surface area contributed by atoms with E-state index >= 15 is 0 Å². The number of rotatable bonds is 4. The molecule has 0 aliphatic carbocycles. The Labute approximate surface area is 194 Å². The van der Waals surface area contributed by atoms with Gasteiger partial charge in [0.05, 0.1) is 5.52 Å². The Bertz CT molecular complexity index is 1260. The predicted molar refractivity (Wildman–Crippen MR) is 131 cm³/mol. The molecule has 1 fully saturated rings. The van der Waals surface area contributed by atoms with Crippen LogP contribution in [0.4, 0.5) is 5.69 Å². The van der Waals surface area contributed by atoms with Gasteiger partial charge in [-0.1, -0.05) is 39.0 Å². The van der Waals surface area contributed by atoms with E-state index in [1.807, 2.05) is 46.0 Å². The van der Waals surface area contributed by atoms with Gasteiger partial charge in [-0.2, -0.15) is 0 Å². The van der Waals surface area contributed by atoms with Crippen molar-refractivity contribution in [2.24, 2.45) is 11.3 Å². The van der Waals surface area contributed by atoms with Crippen molar-refractivity contribution in [3.8, 4) is 0 Å². The molecule has 6 heteroatoms. The molecule has 3 aromatic rings. The van der Waals surface area contributed by atoms with Gasteiger partial charge < -0.3 is 14.8 Å². The zero-order chi connectivity index (χ0) is 23.2. The van der Waals surface area contributed by atoms with Gasteiger partial charge in [0, 0.05) is 55.8 Å². The highest BCUT2D eigenvalue weighted by molar-refractivity contribution is 5.79. The number of piperidine rings is 1. The van der Waals surface area contributed by atoms with Crippen LogP contribution in [0.25, 0.3) is 10.9 Å². The van der Waals surface area contributed by atoms with E-state index in [4.69, 9.17) is 0 Å². The SMILES string of the molecule is CC(C)(C)CC(=O)N1CC2CC(C1)c1ccc(NCc3cnc4ccccc4c3)c(=O)n1C2. The second kappa shape index (κ2) is 8.32. The summed E-state index contributed by atoms with van der Waals surface area (Å²) in [5, 5.41) is 4.42. The summed E-state index contributed by atoms with van der Waals surface area (Å²) in [6.07, 6.45) is 3.47. The number of carbonyl (C=O) groups excluding carboxylic acids is 1. The number of fused-ring (bicyclic) bond motifs is 5. The van der Waals surface area contributed by atoms with Crippen molar-refractivity contribution >= 4 is 22.5 Å². The van der Waals surface area contributed by atoms with Crippen molar-refractivity contribution in [2.75, 3.05) is 18.4 Å². The van der Waals surface area contributed by atoms with Crippen molar-refractivity contribution in [3.63, 3.8) is 0 Å². The van der Waals surface area contributed by atoms with Crippen LogP contribution in [0.1, 0.15) is 50.8 Å². The van der Waals surface area contributed by atoms with E-state index in [-0.39, 0.29) is 22.8 Å². The number of hydrogen-bond acceptors (Lipinski definition) is 4. The predicted octanol–water partition coefficient (Wildman–Crippen LogP) is 4.39. The van der Waals surface area contributed by atoms with Crippen molar-refractivity contribution in [2.45, 2.75) is 52.6 Å². The molecule has 1 N–H and O–H groups in total. The quantitative estimate of drug-likeness (QED) is 0.648. The summed E-state index contributed by atoms with van der Waals surface area (Å²) in [6.45, 7) is 9.00. The highest BCUT2D eigenvalue weighted by atomic mass is 16.2. The first-order chi connectivity index (χ1) is 15.8. The molecule has 2 aromatic heterocycles.